The Balaban J connectivity index is 3.07. The molecule has 0 aliphatic carbocycles. The molecule has 1 aromatic rings. The largest absolute Gasteiger partial charge is 0.411 e. The van der Waals surface area contributed by atoms with Gasteiger partial charge in [-0.25, -0.2) is 0 Å². The van der Waals surface area contributed by atoms with Gasteiger partial charge in [-0.15, -0.1) is 0 Å². The minimum absolute atomic E-state index is 0.0548. The Kier molecular flexibility index (Phi) is 4.41. The van der Waals surface area contributed by atoms with Gasteiger partial charge < -0.3 is 10.9 Å². The van der Waals surface area contributed by atoms with Gasteiger partial charge in [0.2, 0.25) is 0 Å². The Labute approximate surface area is 98.6 Å². The molecule has 0 amide bonds. The third kappa shape index (κ3) is 3.32. The molecule has 6 heteroatoms. The monoisotopic (exact) mass is 236 g/mol. The lowest BCUT2D eigenvalue weighted by Crippen LogP contribution is -2.27. The van der Waals surface area contributed by atoms with Crippen LogP contribution in [0.4, 0.5) is 0 Å². The molecular weight excluding hydrogens is 224 g/mol. The van der Waals surface area contributed by atoms with Crippen LogP contribution >= 0.6 is 12.2 Å². The topological polar surface area (TPSA) is 83.0 Å². The summed E-state index contributed by atoms with van der Waals surface area (Å²) in [6.45, 7) is 1.63. The number of nitrogens with one attached hydrogen (secondary N) is 1. The molecule has 0 aromatic heterocycles. The zero-order chi connectivity index (χ0) is 12.0. The molecule has 0 spiro atoms. The number of hydrazone groups is 1. The molecule has 0 heterocycles. The van der Waals surface area contributed by atoms with E-state index in [0.29, 0.717) is 11.4 Å². The van der Waals surface area contributed by atoms with Gasteiger partial charge in [-0.2, -0.15) is 5.10 Å². The summed E-state index contributed by atoms with van der Waals surface area (Å²) < 4.78 is 0. The van der Waals surface area contributed by atoms with Crippen molar-refractivity contribution in [2.45, 2.75) is 6.92 Å². The summed E-state index contributed by atoms with van der Waals surface area (Å²) in [7, 11) is 0. The van der Waals surface area contributed by atoms with Crippen LogP contribution < -0.4 is 11.2 Å². The second kappa shape index (κ2) is 5.82. The summed E-state index contributed by atoms with van der Waals surface area (Å²) in [4.78, 5) is 0. The van der Waals surface area contributed by atoms with E-state index in [9.17, 15) is 0 Å². The smallest absolute Gasteiger partial charge is 0.184 e. The minimum Gasteiger partial charge on any atom is -0.411 e. The Morgan fingerprint density at radius 2 is 2.00 bits per heavy atom. The number of hydrogen-bond donors (Lipinski definition) is 3. The van der Waals surface area contributed by atoms with Gasteiger partial charge in [0.25, 0.3) is 0 Å². The molecule has 0 fully saturated rings. The number of nitrogens with zero attached hydrogens (tertiary/aromatic N) is 2. The zero-order valence-corrected chi connectivity index (χ0v) is 9.53. The molecule has 0 saturated carbocycles. The van der Waals surface area contributed by atoms with Crippen molar-refractivity contribution in [1.82, 2.24) is 5.43 Å². The van der Waals surface area contributed by atoms with E-state index in [-0.39, 0.29) is 5.11 Å². The molecule has 0 unspecified atom stereocenters. The fourth-order valence-electron chi connectivity index (χ4n) is 1.11. The van der Waals surface area contributed by atoms with Gasteiger partial charge in [0.15, 0.2) is 5.11 Å². The molecule has 0 saturated heterocycles. The second-order valence-electron chi connectivity index (χ2n) is 2.99. The molecule has 84 valence electrons. The molecule has 1 rings (SSSR count). The Morgan fingerprint density at radius 1 is 1.38 bits per heavy atom. The van der Waals surface area contributed by atoms with Crippen LogP contribution in [0.3, 0.4) is 0 Å². The van der Waals surface area contributed by atoms with Crippen molar-refractivity contribution in [1.29, 1.82) is 0 Å². The third-order valence-electron chi connectivity index (χ3n) is 1.82. The van der Waals surface area contributed by atoms with E-state index in [1.54, 1.807) is 6.92 Å². The van der Waals surface area contributed by atoms with Gasteiger partial charge in [0.1, 0.15) is 11.4 Å². The maximum atomic E-state index is 8.75. The molecule has 16 heavy (non-hydrogen) atoms. The number of oxime groups is 1. The highest BCUT2D eigenvalue weighted by molar-refractivity contribution is 7.80. The first-order chi connectivity index (χ1) is 7.65. The number of benzene rings is 1. The summed E-state index contributed by atoms with van der Waals surface area (Å²) in [5.41, 5.74) is 9.40. The van der Waals surface area contributed by atoms with Crippen molar-refractivity contribution < 1.29 is 5.21 Å². The molecule has 0 radical (unpaired) electrons. The van der Waals surface area contributed by atoms with Crippen molar-refractivity contribution in [3.63, 3.8) is 0 Å². The molecule has 1 aromatic carbocycles. The number of thiocarbonyl (C=S) groups is 1. The molecular formula is C10H12N4OS. The van der Waals surface area contributed by atoms with Gasteiger partial charge in [0, 0.05) is 5.56 Å². The van der Waals surface area contributed by atoms with Gasteiger partial charge in [-0.05, 0) is 19.1 Å². The van der Waals surface area contributed by atoms with E-state index in [1.807, 2.05) is 30.3 Å². The maximum absolute atomic E-state index is 8.75. The molecule has 0 aliphatic heterocycles. The van der Waals surface area contributed by atoms with E-state index in [2.05, 4.69) is 27.9 Å². The average molecular weight is 236 g/mol. The molecule has 0 aliphatic rings. The van der Waals surface area contributed by atoms with Crippen LogP contribution in [0.5, 0.6) is 0 Å². The lowest BCUT2D eigenvalue weighted by atomic mass is 10.1. The van der Waals surface area contributed by atoms with Crippen molar-refractivity contribution in [2.75, 3.05) is 0 Å². The van der Waals surface area contributed by atoms with Crippen LogP contribution in [-0.4, -0.2) is 21.7 Å². The maximum Gasteiger partial charge on any atom is 0.184 e. The Morgan fingerprint density at radius 3 is 2.50 bits per heavy atom. The van der Waals surface area contributed by atoms with Crippen molar-refractivity contribution in [3.05, 3.63) is 35.9 Å². The quantitative estimate of drug-likeness (QED) is 0.317. The second-order valence-corrected chi connectivity index (χ2v) is 3.43. The summed E-state index contributed by atoms with van der Waals surface area (Å²) in [6.07, 6.45) is 0. The molecule has 0 atom stereocenters. The predicted molar refractivity (Wildman–Crippen MR) is 67.8 cm³/mol. The minimum atomic E-state index is 0.0548. The highest BCUT2D eigenvalue weighted by Crippen LogP contribution is 2.02. The van der Waals surface area contributed by atoms with E-state index in [1.165, 1.54) is 0 Å². The third-order valence-corrected chi connectivity index (χ3v) is 1.91. The summed E-state index contributed by atoms with van der Waals surface area (Å²) >= 11 is 4.64. The van der Waals surface area contributed by atoms with E-state index in [0.717, 1.165) is 5.56 Å². The van der Waals surface area contributed by atoms with Gasteiger partial charge in [-0.3, -0.25) is 5.43 Å². The predicted octanol–water partition coefficient (Wildman–Crippen LogP) is 1.07. The summed E-state index contributed by atoms with van der Waals surface area (Å²) in [5.74, 6) is 0. The summed E-state index contributed by atoms with van der Waals surface area (Å²) in [6, 6.07) is 9.28. The van der Waals surface area contributed by atoms with E-state index < -0.39 is 0 Å². The Hall–Kier alpha value is -1.95. The lowest BCUT2D eigenvalue weighted by Gasteiger charge is -2.05. The van der Waals surface area contributed by atoms with Crippen molar-refractivity contribution >= 4 is 28.8 Å². The van der Waals surface area contributed by atoms with E-state index >= 15 is 0 Å². The van der Waals surface area contributed by atoms with Crippen LogP contribution in [0.2, 0.25) is 0 Å². The SMILES string of the molecule is CC(=N/O)/C(=N\NC(N)=S)c1ccccc1. The normalized spacial score (nSPS) is 12.3. The Bertz CT molecular complexity index is 428. The van der Waals surface area contributed by atoms with Gasteiger partial charge in [0.05, 0.1) is 0 Å². The number of nitrogens with two attached hydrogens (primary N) is 1. The van der Waals surface area contributed by atoms with E-state index in [4.69, 9.17) is 10.9 Å². The average Bonchev–Trinajstić information content (AvgIpc) is 2.30. The van der Waals surface area contributed by atoms with Gasteiger partial charge in [-0.1, -0.05) is 35.5 Å². The van der Waals surface area contributed by atoms with Gasteiger partial charge >= 0.3 is 0 Å². The highest BCUT2D eigenvalue weighted by Gasteiger charge is 2.07. The van der Waals surface area contributed by atoms with Crippen LogP contribution in [-0.2, 0) is 0 Å². The fraction of sp³-hybridized carbons (Fsp3) is 0.100. The standard InChI is InChI=1S/C10H12N4OS/c1-7(14-15)9(12-13-10(11)16)8-5-3-2-4-6-8/h2-6,15H,1H3,(H3,11,13,16)/b12-9+,14-7-. The van der Waals surface area contributed by atoms with Crippen LogP contribution in [0.1, 0.15) is 12.5 Å². The first-order valence-electron chi connectivity index (χ1n) is 4.52. The van der Waals surface area contributed by atoms with Crippen LogP contribution in [0, 0.1) is 0 Å². The molecule has 5 nitrogen and oxygen atoms in total. The van der Waals surface area contributed by atoms with Crippen LogP contribution in [0.25, 0.3) is 0 Å². The first kappa shape index (κ1) is 12.1. The zero-order valence-electron chi connectivity index (χ0n) is 8.71. The first-order valence-corrected chi connectivity index (χ1v) is 4.93. The molecule has 4 N–H and O–H groups in total. The fourth-order valence-corrected chi connectivity index (χ4v) is 1.15. The number of rotatable bonds is 3. The summed E-state index contributed by atoms with van der Waals surface area (Å²) in [5, 5.41) is 15.9. The highest BCUT2D eigenvalue weighted by atomic mass is 32.1. The number of hydrogen-bond acceptors (Lipinski definition) is 4. The molecule has 0 bridgehead atoms. The van der Waals surface area contributed by atoms with Crippen molar-refractivity contribution in [3.8, 4) is 0 Å². The van der Waals surface area contributed by atoms with Crippen molar-refractivity contribution in [2.24, 2.45) is 16.0 Å². The lowest BCUT2D eigenvalue weighted by molar-refractivity contribution is 0.320. The van der Waals surface area contributed by atoms with Crippen LogP contribution in [0.15, 0.2) is 40.6 Å².